The molecule has 2 heteroatoms. The van der Waals surface area contributed by atoms with E-state index in [0.29, 0.717) is 12.0 Å². The summed E-state index contributed by atoms with van der Waals surface area (Å²) in [5.74, 6) is 0.819. The van der Waals surface area contributed by atoms with Crippen molar-refractivity contribution < 1.29 is 9.53 Å². The van der Waals surface area contributed by atoms with Crippen molar-refractivity contribution in [3.8, 4) is 0 Å². The van der Waals surface area contributed by atoms with Crippen LogP contribution in [0.15, 0.2) is 0 Å². The van der Waals surface area contributed by atoms with E-state index >= 15 is 0 Å². The summed E-state index contributed by atoms with van der Waals surface area (Å²) in [5, 5.41) is 0. The van der Waals surface area contributed by atoms with Crippen LogP contribution in [-0.2, 0) is 9.53 Å². The van der Waals surface area contributed by atoms with Gasteiger partial charge in [0.15, 0.2) is 0 Å². The van der Waals surface area contributed by atoms with Crippen LogP contribution < -0.4 is 0 Å². The highest BCUT2D eigenvalue weighted by molar-refractivity contribution is 5.54. The van der Waals surface area contributed by atoms with E-state index in [1.54, 1.807) is 0 Å². The van der Waals surface area contributed by atoms with Crippen LogP contribution in [0, 0.1) is 17.3 Å². The van der Waals surface area contributed by atoms with Crippen molar-refractivity contribution in [1.29, 1.82) is 0 Å². The molecule has 104 valence electrons. The summed E-state index contributed by atoms with van der Waals surface area (Å²) in [5.41, 5.74) is 0.138. The van der Waals surface area contributed by atoms with Crippen molar-refractivity contribution >= 4 is 6.29 Å². The number of hydrogen-bond acceptors (Lipinski definition) is 2. The summed E-state index contributed by atoms with van der Waals surface area (Å²) < 4.78 is 6.33. The quantitative estimate of drug-likeness (QED) is 0.695. The average Bonchev–Trinajstić information content (AvgIpc) is 2.27. The lowest BCUT2D eigenvalue weighted by Crippen LogP contribution is -2.51. The van der Waals surface area contributed by atoms with Gasteiger partial charge in [-0.15, -0.1) is 0 Å². The molecule has 0 radical (unpaired) electrons. The topological polar surface area (TPSA) is 26.3 Å². The molecule has 0 N–H and O–H groups in total. The molecule has 0 aromatic heterocycles. The van der Waals surface area contributed by atoms with Gasteiger partial charge in [0, 0.05) is 5.92 Å². The second kappa shape index (κ2) is 4.96. The van der Waals surface area contributed by atoms with E-state index in [1.807, 2.05) is 0 Å². The van der Waals surface area contributed by atoms with Gasteiger partial charge in [-0.1, -0.05) is 19.8 Å². The van der Waals surface area contributed by atoms with Crippen LogP contribution in [-0.4, -0.2) is 18.0 Å². The number of aldehydes is 1. The molecule has 2 fully saturated rings. The van der Waals surface area contributed by atoms with Gasteiger partial charge in [0.1, 0.15) is 6.29 Å². The Bertz CT molecular complexity index is 305. The molecule has 2 nitrogen and oxygen atoms in total. The van der Waals surface area contributed by atoms with Crippen LogP contribution in [0.1, 0.15) is 66.2 Å². The van der Waals surface area contributed by atoms with Crippen LogP contribution >= 0.6 is 0 Å². The van der Waals surface area contributed by atoms with Gasteiger partial charge in [0.2, 0.25) is 0 Å². The third-order valence-corrected chi connectivity index (χ3v) is 5.00. The lowest BCUT2D eigenvalue weighted by Gasteiger charge is -2.53. The van der Waals surface area contributed by atoms with E-state index < -0.39 is 0 Å². The average molecular weight is 252 g/mol. The molecule has 0 aromatic rings. The Hall–Kier alpha value is -0.370. The number of ether oxygens (including phenoxy) is 1. The molecule has 0 bridgehead atoms. The Morgan fingerprint density at radius 2 is 1.89 bits per heavy atom. The van der Waals surface area contributed by atoms with Crippen molar-refractivity contribution in [2.75, 3.05) is 0 Å². The first-order chi connectivity index (χ1) is 8.37. The monoisotopic (exact) mass is 252 g/mol. The van der Waals surface area contributed by atoms with Gasteiger partial charge >= 0.3 is 0 Å². The van der Waals surface area contributed by atoms with Gasteiger partial charge in [-0.2, -0.15) is 0 Å². The molecule has 2 aliphatic carbocycles. The molecule has 0 aromatic carbocycles. The van der Waals surface area contributed by atoms with Gasteiger partial charge in [-0.05, 0) is 57.8 Å². The van der Waals surface area contributed by atoms with Gasteiger partial charge in [-0.25, -0.2) is 0 Å². The predicted octanol–water partition coefficient (Wildman–Crippen LogP) is 3.98. The Morgan fingerprint density at radius 1 is 1.17 bits per heavy atom. The van der Waals surface area contributed by atoms with Gasteiger partial charge in [0.25, 0.3) is 0 Å². The maximum absolute atomic E-state index is 11.3. The third kappa shape index (κ3) is 2.64. The zero-order valence-electron chi connectivity index (χ0n) is 12.4. The van der Waals surface area contributed by atoms with Gasteiger partial charge in [-0.3, -0.25) is 0 Å². The molecule has 0 heterocycles. The number of rotatable bonds is 2. The normalized spacial score (nSPS) is 41.2. The molecular formula is C16H28O2. The molecule has 0 saturated heterocycles. The van der Waals surface area contributed by atoms with Crippen molar-refractivity contribution in [3.05, 3.63) is 0 Å². The van der Waals surface area contributed by atoms with E-state index in [9.17, 15) is 4.79 Å². The number of carbonyl (C=O) groups is 1. The molecule has 2 saturated carbocycles. The summed E-state index contributed by atoms with van der Waals surface area (Å²) in [6, 6.07) is 0. The van der Waals surface area contributed by atoms with Crippen molar-refractivity contribution in [1.82, 2.24) is 0 Å². The minimum Gasteiger partial charge on any atom is -0.372 e. The zero-order valence-corrected chi connectivity index (χ0v) is 12.4. The van der Waals surface area contributed by atoms with Gasteiger partial charge in [0.05, 0.1) is 11.7 Å². The predicted molar refractivity (Wildman–Crippen MR) is 73.5 cm³/mol. The second-order valence-electron chi connectivity index (χ2n) is 7.45. The first-order valence-electron chi connectivity index (χ1n) is 7.50. The second-order valence-corrected chi connectivity index (χ2v) is 7.45. The summed E-state index contributed by atoms with van der Waals surface area (Å²) >= 11 is 0. The van der Waals surface area contributed by atoms with Crippen LogP contribution in [0.5, 0.6) is 0 Å². The zero-order chi connectivity index (χ0) is 13.4. The first-order valence-corrected chi connectivity index (χ1v) is 7.50. The standard InChI is InChI=1S/C16H28O2/c1-15(2,3)18-14-9-5-8-13-12(11-17)7-6-10-16(13,14)4/h11-14H,5-10H2,1-4H3. The lowest BCUT2D eigenvalue weighted by atomic mass is 9.55. The highest BCUT2D eigenvalue weighted by Crippen LogP contribution is 2.53. The Kier molecular flexibility index (Phi) is 3.87. The maximum atomic E-state index is 11.3. The molecule has 0 aliphatic heterocycles. The van der Waals surface area contributed by atoms with Crippen LogP contribution in [0.3, 0.4) is 0 Å². The fraction of sp³-hybridized carbons (Fsp3) is 0.938. The van der Waals surface area contributed by atoms with E-state index in [-0.39, 0.29) is 16.9 Å². The van der Waals surface area contributed by atoms with E-state index in [0.717, 1.165) is 12.8 Å². The minimum atomic E-state index is -0.0797. The molecule has 2 rings (SSSR count). The Labute approximate surface area is 111 Å². The molecular weight excluding hydrogens is 224 g/mol. The van der Waals surface area contributed by atoms with Crippen molar-refractivity contribution in [3.63, 3.8) is 0 Å². The highest BCUT2D eigenvalue weighted by atomic mass is 16.5. The van der Waals surface area contributed by atoms with Crippen LogP contribution in [0.4, 0.5) is 0 Å². The lowest BCUT2D eigenvalue weighted by molar-refractivity contribution is -0.169. The number of carbonyl (C=O) groups excluding carboxylic acids is 1. The smallest absolute Gasteiger partial charge is 0.123 e. The minimum absolute atomic E-state index is 0.0797. The Morgan fingerprint density at radius 3 is 2.50 bits per heavy atom. The van der Waals surface area contributed by atoms with Crippen molar-refractivity contribution in [2.45, 2.75) is 77.9 Å². The third-order valence-electron chi connectivity index (χ3n) is 5.00. The largest absolute Gasteiger partial charge is 0.372 e. The molecule has 4 atom stereocenters. The summed E-state index contributed by atoms with van der Waals surface area (Å²) in [6.07, 6.45) is 8.63. The number of hydrogen-bond donors (Lipinski definition) is 0. The SMILES string of the molecule is CC(C)(C)OC1CCCC2C(C=O)CCCC12C. The van der Waals surface area contributed by atoms with Crippen LogP contribution in [0.2, 0.25) is 0 Å². The molecule has 0 spiro atoms. The molecule has 0 amide bonds. The Balaban J connectivity index is 2.19. The number of fused-ring (bicyclic) bond motifs is 1. The molecule has 2 aliphatic rings. The van der Waals surface area contributed by atoms with Crippen molar-refractivity contribution in [2.24, 2.45) is 17.3 Å². The van der Waals surface area contributed by atoms with E-state index in [4.69, 9.17) is 4.74 Å². The first kappa shape index (κ1) is 14.0. The van der Waals surface area contributed by atoms with Crippen LogP contribution in [0.25, 0.3) is 0 Å². The van der Waals surface area contributed by atoms with E-state index in [1.165, 1.54) is 32.0 Å². The maximum Gasteiger partial charge on any atom is 0.123 e. The summed E-state index contributed by atoms with van der Waals surface area (Å²) in [4.78, 5) is 11.3. The summed E-state index contributed by atoms with van der Waals surface area (Å²) in [7, 11) is 0. The molecule has 18 heavy (non-hydrogen) atoms. The fourth-order valence-electron chi connectivity index (χ4n) is 4.17. The van der Waals surface area contributed by atoms with E-state index in [2.05, 4.69) is 27.7 Å². The summed E-state index contributed by atoms with van der Waals surface area (Å²) in [6.45, 7) is 8.78. The fourth-order valence-corrected chi connectivity index (χ4v) is 4.17. The highest BCUT2D eigenvalue weighted by Gasteiger charge is 2.50. The van der Waals surface area contributed by atoms with Gasteiger partial charge < -0.3 is 9.53 Å². The molecule has 4 unspecified atom stereocenters.